The molecule has 0 radical (unpaired) electrons. The number of esters is 1. The van der Waals surface area contributed by atoms with Crippen LogP contribution in [0.2, 0.25) is 0 Å². The zero-order valence-corrected chi connectivity index (χ0v) is 30.6. The van der Waals surface area contributed by atoms with Crippen LogP contribution < -0.4 is 21.3 Å². The standard InChI is InChI=1S/C38H54N4O9/c1-24(8-15-34-25(2)17-33(27(4)50-34)42-35(44)16-9-26(3)49-28(5)43)7-14-31-19-38(22-48-38)20-32(51-31)18-36(45)40-23-41-37(46)47-21-29-10-12-30(39-6)13-11-29/h7-14,16,25-27,31-34,39H,15,17-23H2,1-6H3,(H,40,45)(H,41,46)(H,42,44)/b14-7+,16-9-,24-8+/t25-,26-,27+,31+,32+,33+,34-,38+/m0/s1. The minimum Gasteiger partial charge on any atom is -0.459 e. The number of ether oxygens (including phenoxy) is 5. The van der Waals surface area contributed by atoms with Crippen molar-refractivity contribution in [3.8, 4) is 0 Å². The number of hydrogen-bond donors (Lipinski definition) is 4. The summed E-state index contributed by atoms with van der Waals surface area (Å²) in [5.41, 5.74) is 2.64. The monoisotopic (exact) mass is 710 g/mol. The second kappa shape index (κ2) is 18.9. The van der Waals surface area contributed by atoms with Gasteiger partial charge in [0.15, 0.2) is 0 Å². The van der Waals surface area contributed by atoms with Crippen LogP contribution in [0.5, 0.6) is 0 Å². The summed E-state index contributed by atoms with van der Waals surface area (Å²) < 4.78 is 28.6. The first-order chi connectivity index (χ1) is 24.3. The summed E-state index contributed by atoms with van der Waals surface area (Å²) in [5, 5.41) is 11.3. The Balaban J connectivity index is 1.17. The van der Waals surface area contributed by atoms with E-state index in [1.54, 1.807) is 13.0 Å². The fourth-order valence-electron chi connectivity index (χ4n) is 6.34. The fourth-order valence-corrected chi connectivity index (χ4v) is 6.34. The van der Waals surface area contributed by atoms with E-state index in [0.717, 1.165) is 36.1 Å². The van der Waals surface area contributed by atoms with E-state index in [2.05, 4.69) is 34.3 Å². The Bertz CT molecular complexity index is 1440. The molecule has 4 rings (SSSR count). The van der Waals surface area contributed by atoms with Crippen LogP contribution >= 0.6 is 0 Å². The molecule has 3 fully saturated rings. The van der Waals surface area contributed by atoms with Crippen LogP contribution in [0.25, 0.3) is 0 Å². The third-order valence-corrected chi connectivity index (χ3v) is 9.30. The average Bonchev–Trinajstić information content (AvgIpc) is 3.83. The quantitative estimate of drug-likeness (QED) is 0.0673. The molecular formula is C38H54N4O9. The second-order valence-electron chi connectivity index (χ2n) is 13.8. The molecule has 0 aliphatic carbocycles. The summed E-state index contributed by atoms with van der Waals surface area (Å²) in [4.78, 5) is 48.3. The highest BCUT2D eigenvalue weighted by Crippen LogP contribution is 2.43. The van der Waals surface area contributed by atoms with Gasteiger partial charge in [-0.2, -0.15) is 0 Å². The molecule has 13 nitrogen and oxygen atoms in total. The summed E-state index contributed by atoms with van der Waals surface area (Å²) in [5.74, 6) is -0.648. The predicted molar refractivity (Wildman–Crippen MR) is 191 cm³/mol. The van der Waals surface area contributed by atoms with E-state index >= 15 is 0 Å². The summed E-state index contributed by atoms with van der Waals surface area (Å²) in [6, 6.07) is 7.41. The Morgan fingerprint density at radius 3 is 2.47 bits per heavy atom. The molecule has 3 heterocycles. The van der Waals surface area contributed by atoms with E-state index in [-0.39, 0.29) is 73.5 Å². The van der Waals surface area contributed by atoms with E-state index < -0.39 is 18.2 Å². The first kappa shape index (κ1) is 39.6. The maximum atomic E-state index is 12.7. The molecule has 3 aliphatic heterocycles. The van der Waals surface area contributed by atoms with Gasteiger partial charge in [0.2, 0.25) is 11.8 Å². The van der Waals surface area contributed by atoms with Crippen LogP contribution in [0.1, 0.15) is 72.3 Å². The molecule has 8 atom stereocenters. The molecule has 0 saturated carbocycles. The molecule has 13 heteroatoms. The molecule has 51 heavy (non-hydrogen) atoms. The molecule has 280 valence electrons. The summed E-state index contributed by atoms with van der Waals surface area (Å²) in [7, 11) is 1.83. The van der Waals surface area contributed by atoms with Gasteiger partial charge in [-0.25, -0.2) is 4.79 Å². The van der Waals surface area contributed by atoms with Gasteiger partial charge < -0.3 is 45.0 Å². The van der Waals surface area contributed by atoms with E-state index in [0.29, 0.717) is 13.0 Å². The summed E-state index contributed by atoms with van der Waals surface area (Å²) in [6.45, 7) is 9.89. The molecule has 3 amide bonds. The van der Waals surface area contributed by atoms with Crippen LogP contribution in [0.3, 0.4) is 0 Å². The van der Waals surface area contributed by atoms with Gasteiger partial charge in [0.1, 0.15) is 12.7 Å². The predicted octanol–water partition coefficient (Wildman–Crippen LogP) is 4.43. The fraction of sp³-hybridized carbons (Fsp3) is 0.579. The van der Waals surface area contributed by atoms with Crippen molar-refractivity contribution in [2.75, 3.05) is 25.6 Å². The molecule has 0 aromatic heterocycles. The first-order valence-corrected chi connectivity index (χ1v) is 17.7. The van der Waals surface area contributed by atoms with Crippen molar-refractivity contribution in [2.45, 2.75) is 115 Å². The number of amides is 3. The van der Waals surface area contributed by atoms with E-state index in [4.69, 9.17) is 23.7 Å². The molecule has 1 spiro atoms. The third kappa shape index (κ3) is 13.5. The maximum Gasteiger partial charge on any atom is 0.408 e. The van der Waals surface area contributed by atoms with Crippen LogP contribution in [-0.2, 0) is 44.7 Å². The number of anilines is 1. The van der Waals surface area contributed by atoms with Crippen LogP contribution in [0.15, 0.2) is 60.2 Å². The Kier molecular flexibility index (Phi) is 14.6. The lowest BCUT2D eigenvalue weighted by molar-refractivity contribution is -0.143. The highest BCUT2D eigenvalue weighted by molar-refractivity contribution is 5.87. The van der Waals surface area contributed by atoms with Crippen molar-refractivity contribution in [2.24, 2.45) is 5.92 Å². The van der Waals surface area contributed by atoms with E-state index in [1.165, 1.54) is 13.0 Å². The molecule has 3 aliphatic rings. The number of hydrogen-bond acceptors (Lipinski definition) is 10. The molecular weight excluding hydrogens is 656 g/mol. The Labute approximate surface area is 300 Å². The van der Waals surface area contributed by atoms with Gasteiger partial charge in [-0.1, -0.05) is 42.9 Å². The van der Waals surface area contributed by atoms with Gasteiger partial charge in [0.05, 0.1) is 55.8 Å². The van der Waals surface area contributed by atoms with Gasteiger partial charge in [-0.05, 0) is 63.3 Å². The van der Waals surface area contributed by atoms with E-state index in [9.17, 15) is 19.2 Å². The largest absolute Gasteiger partial charge is 0.459 e. The SMILES string of the molecule is CNc1ccc(COC(=O)NCNC(=O)C[C@@H]2C[C@@]3(CO3)C[C@@H](/C=C/C(C)=C/C[C@@H]3O[C@H](C)[C@H](NC(=O)/C=C\[C@H](C)OC(C)=O)C[C@@H]3C)O2)cc1. The van der Waals surface area contributed by atoms with Crippen molar-refractivity contribution in [3.05, 3.63) is 65.8 Å². The van der Waals surface area contributed by atoms with Gasteiger partial charge >= 0.3 is 12.1 Å². The number of epoxide rings is 1. The topological polar surface area (TPSA) is 166 Å². The van der Waals surface area contributed by atoms with Crippen molar-refractivity contribution >= 4 is 29.6 Å². The van der Waals surface area contributed by atoms with E-state index in [1.807, 2.05) is 57.3 Å². The van der Waals surface area contributed by atoms with Crippen LogP contribution in [-0.4, -0.2) is 86.4 Å². The molecule has 1 aromatic rings. The van der Waals surface area contributed by atoms with Crippen molar-refractivity contribution in [1.82, 2.24) is 16.0 Å². The number of carbonyl (C=O) groups is 4. The lowest BCUT2D eigenvalue weighted by Gasteiger charge is -2.39. The molecule has 3 saturated heterocycles. The summed E-state index contributed by atoms with van der Waals surface area (Å²) >= 11 is 0. The van der Waals surface area contributed by atoms with Gasteiger partial charge in [0, 0.05) is 38.6 Å². The maximum absolute atomic E-state index is 12.7. The smallest absolute Gasteiger partial charge is 0.408 e. The van der Waals surface area contributed by atoms with Crippen LogP contribution in [0.4, 0.5) is 10.5 Å². The van der Waals surface area contributed by atoms with Crippen molar-refractivity contribution < 1.29 is 42.9 Å². The number of carbonyl (C=O) groups excluding carboxylic acids is 4. The van der Waals surface area contributed by atoms with Gasteiger partial charge in [0.25, 0.3) is 0 Å². The second-order valence-corrected chi connectivity index (χ2v) is 13.8. The Morgan fingerprint density at radius 1 is 1.04 bits per heavy atom. The zero-order valence-electron chi connectivity index (χ0n) is 30.6. The Morgan fingerprint density at radius 2 is 1.78 bits per heavy atom. The van der Waals surface area contributed by atoms with Gasteiger partial charge in [-0.15, -0.1) is 0 Å². The minimum atomic E-state index is -0.620. The molecule has 0 bridgehead atoms. The lowest BCUT2D eigenvalue weighted by atomic mass is 9.88. The first-order valence-electron chi connectivity index (χ1n) is 17.7. The minimum absolute atomic E-state index is 0.0139. The lowest BCUT2D eigenvalue weighted by Crippen LogP contribution is -2.50. The Hall–Kier alpha value is -4.20. The number of rotatable bonds is 15. The highest BCUT2D eigenvalue weighted by Gasteiger charge is 2.51. The van der Waals surface area contributed by atoms with Crippen LogP contribution in [0, 0.1) is 5.92 Å². The summed E-state index contributed by atoms with van der Waals surface area (Å²) in [6.07, 6.45) is 10.5. The number of alkyl carbamates (subject to hydrolysis) is 1. The molecule has 4 N–H and O–H groups in total. The third-order valence-electron chi connectivity index (χ3n) is 9.30. The zero-order chi connectivity index (χ0) is 37.0. The van der Waals surface area contributed by atoms with Crippen molar-refractivity contribution in [3.63, 3.8) is 0 Å². The normalized spacial score (nSPS) is 28.2. The number of allylic oxidation sites excluding steroid dienone is 2. The van der Waals surface area contributed by atoms with Gasteiger partial charge in [-0.3, -0.25) is 14.4 Å². The molecule has 0 unspecified atom stereocenters. The average molecular weight is 711 g/mol. The number of benzene rings is 1. The number of nitrogens with one attached hydrogen (secondary N) is 4. The highest BCUT2D eigenvalue weighted by atomic mass is 16.6. The molecule has 1 aromatic carbocycles. The van der Waals surface area contributed by atoms with Crippen molar-refractivity contribution in [1.29, 1.82) is 0 Å².